The molecule has 2 aromatic carbocycles. The molecule has 4 nitrogen and oxygen atoms in total. The molecule has 0 unspecified atom stereocenters. The van der Waals surface area contributed by atoms with Gasteiger partial charge in [-0.05, 0) is 55.8 Å². The van der Waals surface area contributed by atoms with Gasteiger partial charge in [-0.15, -0.1) is 12.4 Å². The maximum Gasteiger partial charge on any atom is 0.227 e. The minimum absolute atomic E-state index is 0. The van der Waals surface area contributed by atoms with Gasteiger partial charge in [-0.2, -0.15) is 0 Å². The van der Waals surface area contributed by atoms with E-state index in [4.69, 9.17) is 4.74 Å². The summed E-state index contributed by atoms with van der Waals surface area (Å²) in [4.78, 5) is 12.2. The maximum atomic E-state index is 14.2. The largest absolute Gasteiger partial charge is 0.486 e. The molecule has 0 saturated carbocycles. The highest BCUT2D eigenvalue weighted by Gasteiger charge is 2.21. The van der Waals surface area contributed by atoms with E-state index in [2.05, 4.69) is 10.6 Å². The molecule has 26 heavy (non-hydrogen) atoms. The highest BCUT2D eigenvalue weighted by Crippen LogP contribution is 2.23. The molecule has 1 aliphatic heterocycles. The number of ether oxygens (including phenoxy) is 1. The third kappa shape index (κ3) is 5.41. The van der Waals surface area contributed by atoms with Crippen LogP contribution < -0.4 is 15.4 Å². The van der Waals surface area contributed by atoms with Crippen LogP contribution in [0.3, 0.4) is 0 Å². The van der Waals surface area contributed by atoms with Crippen LogP contribution in [-0.2, 0) is 11.4 Å². The molecular weight excluding hydrogens is 362 g/mol. The highest BCUT2D eigenvalue weighted by atomic mass is 35.5. The molecule has 0 radical (unpaired) electrons. The van der Waals surface area contributed by atoms with Gasteiger partial charge < -0.3 is 15.4 Å². The summed E-state index contributed by atoms with van der Waals surface area (Å²) in [7, 11) is 0. The molecule has 2 aromatic rings. The lowest BCUT2D eigenvalue weighted by molar-refractivity contribution is -0.120. The molecule has 0 spiro atoms. The zero-order chi connectivity index (χ0) is 17.6. The van der Waals surface area contributed by atoms with Crippen LogP contribution in [-0.4, -0.2) is 19.0 Å². The maximum absolute atomic E-state index is 14.2. The van der Waals surface area contributed by atoms with E-state index < -0.39 is 5.82 Å². The van der Waals surface area contributed by atoms with Crippen molar-refractivity contribution in [3.8, 4) is 5.75 Å². The molecule has 1 saturated heterocycles. The van der Waals surface area contributed by atoms with Gasteiger partial charge in [0.15, 0.2) is 11.6 Å². The molecule has 1 fully saturated rings. The molecule has 7 heteroatoms. The highest BCUT2D eigenvalue weighted by molar-refractivity contribution is 5.92. The molecule has 0 aromatic heterocycles. The van der Waals surface area contributed by atoms with Crippen LogP contribution in [0.15, 0.2) is 42.5 Å². The van der Waals surface area contributed by atoms with Crippen molar-refractivity contribution in [1.82, 2.24) is 5.32 Å². The van der Waals surface area contributed by atoms with Gasteiger partial charge in [0.2, 0.25) is 5.91 Å². The number of hydrogen-bond acceptors (Lipinski definition) is 3. The van der Waals surface area contributed by atoms with E-state index in [1.165, 1.54) is 24.3 Å². The lowest BCUT2D eigenvalue weighted by Crippen LogP contribution is -2.34. The van der Waals surface area contributed by atoms with Gasteiger partial charge in [0.05, 0.1) is 0 Å². The minimum Gasteiger partial charge on any atom is -0.486 e. The van der Waals surface area contributed by atoms with Crippen molar-refractivity contribution in [3.05, 3.63) is 59.7 Å². The Kier molecular flexibility index (Phi) is 7.36. The Labute approximate surface area is 157 Å². The van der Waals surface area contributed by atoms with Crippen LogP contribution >= 0.6 is 12.4 Å². The molecule has 2 N–H and O–H groups in total. The van der Waals surface area contributed by atoms with Crippen LogP contribution in [0.25, 0.3) is 0 Å². The fourth-order valence-corrected chi connectivity index (χ4v) is 2.81. The van der Waals surface area contributed by atoms with Gasteiger partial charge >= 0.3 is 0 Å². The first-order valence-corrected chi connectivity index (χ1v) is 8.30. The number of hydrogen-bond donors (Lipinski definition) is 2. The summed E-state index contributed by atoms with van der Waals surface area (Å²) >= 11 is 0. The van der Waals surface area contributed by atoms with Gasteiger partial charge in [0.1, 0.15) is 12.4 Å². The summed E-state index contributed by atoms with van der Waals surface area (Å²) < 4.78 is 32.7. The third-order valence-corrected chi connectivity index (χ3v) is 4.19. The van der Waals surface area contributed by atoms with E-state index in [-0.39, 0.29) is 42.4 Å². The summed E-state index contributed by atoms with van der Waals surface area (Å²) in [5.74, 6) is -1.01. The second-order valence-corrected chi connectivity index (χ2v) is 6.08. The second kappa shape index (κ2) is 9.50. The zero-order valence-corrected chi connectivity index (χ0v) is 15.0. The Hall–Kier alpha value is -2.18. The fourth-order valence-electron chi connectivity index (χ4n) is 2.81. The van der Waals surface area contributed by atoms with E-state index in [0.717, 1.165) is 25.9 Å². The van der Waals surface area contributed by atoms with E-state index in [9.17, 15) is 13.6 Å². The number of nitrogens with one attached hydrogen (secondary N) is 2. The fraction of sp³-hybridized carbons (Fsp3) is 0.316. The first kappa shape index (κ1) is 20.1. The van der Waals surface area contributed by atoms with Crippen molar-refractivity contribution < 1.29 is 18.3 Å². The van der Waals surface area contributed by atoms with Gasteiger partial charge in [-0.25, -0.2) is 8.78 Å². The summed E-state index contributed by atoms with van der Waals surface area (Å²) in [5, 5.41) is 5.95. The Morgan fingerprint density at radius 1 is 1.15 bits per heavy atom. The molecule has 1 heterocycles. The Bertz CT molecular complexity index is 752. The number of carbonyl (C=O) groups excluding carboxylic acids is 1. The lowest BCUT2D eigenvalue weighted by Gasteiger charge is -2.21. The molecule has 140 valence electrons. The van der Waals surface area contributed by atoms with Crippen molar-refractivity contribution >= 4 is 24.0 Å². The Morgan fingerprint density at radius 2 is 1.92 bits per heavy atom. The van der Waals surface area contributed by atoms with Crippen molar-refractivity contribution in [2.45, 2.75) is 19.4 Å². The Morgan fingerprint density at radius 3 is 2.62 bits per heavy atom. The van der Waals surface area contributed by atoms with Gasteiger partial charge in [-0.3, -0.25) is 4.79 Å². The Balaban J connectivity index is 0.00000243. The minimum atomic E-state index is -0.570. The van der Waals surface area contributed by atoms with Crippen LogP contribution in [0.4, 0.5) is 14.5 Å². The summed E-state index contributed by atoms with van der Waals surface area (Å²) in [6.45, 7) is 1.70. The smallest absolute Gasteiger partial charge is 0.227 e. The topological polar surface area (TPSA) is 50.4 Å². The second-order valence-electron chi connectivity index (χ2n) is 6.08. The van der Waals surface area contributed by atoms with Crippen LogP contribution in [0.1, 0.15) is 18.4 Å². The van der Waals surface area contributed by atoms with Crippen molar-refractivity contribution in [2.75, 3.05) is 18.4 Å². The molecule has 1 amide bonds. The van der Waals surface area contributed by atoms with E-state index in [1.54, 1.807) is 18.2 Å². The number of amides is 1. The van der Waals surface area contributed by atoms with E-state index in [0.29, 0.717) is 11.3 Å². The molecule has 0 atom stereocenters. The van der Waals surface area contributed by atoms with Crippen molar-refractivity contribution in [2.24, 2.45) is 5.92 Å². The molecular formula is C19H21ClF2N2O2. The van der Waals surface area contributed by atoms with Gasteiger partial charge in [0.25, 0.3) is 0 Å². The average molecular weight is 383 g/mol. The van der Waals surface area contributed by atoms with Crippen LogP contribution in [0.5, 0.6) is 5.75 Å². The predicted molar refractivity (Wildman–Crippen MR) is 98.6 cm³/mol. The molecule has 3 rings (SSSR count). The zero-order valence-electron chi connectivity index (χ0n) is 14.1. The molecule has 0 bridgehead atoms. The van der Waals surface area contributed by atoms with Crippen LogP contribution in [0.2, 0.25) is 0 Å². The van der Waals surface area contributed by atoms with Gasteiger partial charge in [-0.1, -0.05) is 12.1 Å². The monoisotopic (exact) mass is 382 g/mol. The number of halogens is 3. The number of carbonyl (C=O) groups is 1. The predicted octanol–water partition coefficient (Wildman–Crippen LogP) is 3.90. The standard InChI is InChI=1S/C19H20F2N2O2.ClH/c20-15-3-1-2-13(10-15)12-25-18-5-4-16(11-17(18)21)23-19(24)14-6-8-22-9-7-14;/h1-5,10-11,14,22H,6-9,12H2,(H,23,24);1H. The lowest BCUT2D eigenvalue weighted by atomic mass is 9.97. The van der Waals surface area contributed by atoms with E-state index >= 15 is 0 Å². The number of benzene rings is 2. The van der Waals surface area contributed by atoms with Gasteiger partial charge in [0, 0.05) is 17.7 Å². The van der Waals surface area contributed by atoms with Crippen molar-refractivity contribution in [3.63, 3.8) is 0 Å². The summed E-state index contributed by atoms with van der Waals surface area (Å²) in [5.41, 5.74) is 1.02. The molecule has 0 aliphatic carbocycles. The SMILES string of the molecule is Cl.O=C(Nc1ccc(OCc2cccc(F)c2)c(F)c1)C1CCNCC1. The number of piperidine rings is 1. The summed E-state index contributed by atoms with van der Waals surface area (Å²) in [6.07, 6.45) is 1.56. The first-order valence-electron chi connectivity index (χ1n) is 8.30. The quantitative estimate of drug-likeness (QED) is 0.824. The normalized spacial score (nSPS) is 14.4. The van der Waals surface area contributed by atoms with Crippen LogP contribution in [0, 0.1) is 17.6 Å². The summed E-state index contributed by atoms with van der Waals surface area (Å²) in [6, 6.07) is 10.3. The molecule has 1 aliphatic rings. The third-order valence-electron chi connectivity index (χ3n) is 4.19. The number of anilines is 1. The van der Waals surface area contributed by atoms with E-state index in [1.807, 2.05) is 0 Å². The number of rotatable bonds is 5. The van der Waals surface area contributed by atoms with Crippen molar-refractivity contribution in [1.29, 1.82) is 0 Å². The average Bonchev–Trinajstić information content (AvgIpc) is 2.62. The first-order chi connectivity index (χ1) is 12.1.